The van der Waals surface area contributed by atoms with Crippen molar-refractivity contribution in [3.8, 4) is 0 Å². The third-order valence-electron chi connectivity index (χ3n) is 4.02. The van der Waals surface area contributed by atoms with Crippen LogP contribution in [0.1, 0.15) is 25.2 Å². The summed E-state index contributed by atoms with van der Waals surface area (Å²) in [6.07, 6.45) is 1.02. The van der Waals surface area contributed by atoms with Crippen molar-refractivity contribution in [3.05, 3.63) is 35.7 Å². The van der Waals surface area contributed by atoms with Crippen molar-refractivity contribution in [2.45, 2.75) is 32.4 Å². The zero-order valence-corrected chi connectivity index (χ0v) is 13.5. The Balaban J connectivity index is 1.96. The molecule has 22 heavy (non-hydrogen) atoms. The van der Waals surface area contributed by atoms with Crippen LogP contribution in [-0.2, 0) is 13.0 Å². The number of anilines is 3. The first-order chi connectivity index (χ1) is 10.4. The third-order valence-corrected chi connectivity index (χ3v) is 4.02. The van der Waals surface area contributed by atoms with E-state index in [0.717, 1.165) is 6.42 Å². The summed E-state index contributed by atoms with van der Waals surface area (Å²) in [5, 5.41) is 0. The molecule has 0 fully saturated rings. The molecule has 0 amide bonds. The average Bonchev–Trinajstić information content (AvgIpc) is 2.69. The van der Waals surface area contributed by atoms with E-state index in [4.69, 9.17) is 5.73 Å². The van der Waals surface area contributed by atoms with Gasteiger partial charge in [0.2, 0.25) is 11.9 Å². The summed E-state index contributed by atoms with van der Waals surface area (Å²) < 4.78 is 0. The lowest BCUT2D eigenvalue weighted by atomic mass is 9.99. The molecule has 0 spiro atoms. The van der Waals surface area contributed by atoms with Gasteiger partial charge in [0.15, 0.2) is 5.82 Å². The molecule has 0 saturated carbocycles. The summed E-state index contributed by atoms with van der Waals surface area (Å²) in [6.45, 7) is 5.10. The van der Waals surface area contributed by atoms with Gasteiger partial charge in [-0.2, -0.15) is 15.0 Å². The summed E-state index contributed by atoms with van der Waals surface area (Å²) in [6, 6.07) is 8.50. The van der Waals surface area contributed by atoms with Gasteiger partial charge in [-0.3, -0.25) is 0 Å². The topological polar surface area (TPSA) is 71.2 Å². The molecule has 0 radical (unpaired) electrons. The van der Waals surface area contributed by atoms with Crippen LogP contribution < -0.4 is 15.5 Å². The fourth-order valence-corrected chi connectivity index (χ4v) is 2.95. The van der Waals surface area contributed by atoms with Crippen molar-refractivity contribution >= 4 is 17.6 Å². The van der Waals surface area contributed by atoms with E-state index < -0.39 is 0 Å². The van der Waals surface area contributed by atoms with Crippen LogP contribution in [0.15, 0.2) is 24.3 Å². The Morgan fingerprint density at radius 1 is 1.18 bits per heavy atom. The second-order valence-electron chi connectivity index (χ2n) is 6.51. The molecule has 1 aromatic heterocycles. The number of hydrogen-bond acceptors (Lipinski definition) is 6. The number of aromatic nitrogens is 3. The Labute approximate surface area is 131 Å². The van der Waals surface area contributed by atoms with Gasteiger partial charge in [0.1, 0.15) is 0 Å². The molecule has 2 N–H and O–H groups in total. The normalized spacial score (nSPS) is 15.7. The van der Waals surface area contributed by atoms with Gasteiger partial charge < -0.3 is 15.5 Å². The number of nitrogens with two attached hydrogens (primary N) is 1. The van der Waals surface area contributed by atoms with Crippen molar-refractivity contribution in [1.82, 2.24) is 15.0 Å². The first-order valence-corrected chi connectivity index (χ1v) is 7.40. The van der Waals surface area contributed by atoms with Crippen LogP contribution in [-0.4, -0.2) is 34.6 Å². The molecule has 2 heterocycles. The van der Waals surface area contributed by atoms with Crippen LogP contribution in [0.4, 0.5) is 17.6 Å². The van der Waals surface area contributed by atoms with E-state index in [1.54, 1.807) is 0 Å². The maximum atomic E-state index is 5.83. The Hall–Kier alpha value is -2.37. The molecule has 1 aromatic carbocycles. The molecule has 6 nitrogen and oxygen atoms in total. The van der Waals surface area contributed by atoms with E-state index in [2.05, 4.69) is 58.0 Å². The minimum absolute atomic E-state index is 0.0311. The molecule has 0 unspecified atom stereocenters. The van der Waals surface area contributed by atoms with Crippen LogP contribution in [0.3, 0.4) is 0 Å². The first-order valence-electron chi connectivity index (χ1n) is 7.40. The largest absolute Gasteiger partial charge is 0.368 e. The van der Waals surface area contributed by atoms with E-state index in [-0.39, 0.29) is 11.5 Å². The highest BCUT2D eigenvalue weighted by Crippen LogP contribution is 2.39. The zero-order chi connectivity index (χ0) is 15.9. The van der Waals surface area contributed by atoms with E-state index in [9.17, 15) is 0 Å². The number of nitrogens with zero attached hydrogens (tertiary/aromatic N) is 5. The highest BCUT2D eigenvalue weighted by Gasteiger charge is 2.36. The van der Waals surface area contributed by atoms with Gasteiger partial charge in [-0.1, -0.05) is 18.2 Å². The fraction of sp³-hybridized carbons (Fsp3) is 0.438. The lowest BCUT2D eigenvalue weighted by Crippen LogP contribution is -2.41. The Kier molecular flexibility index (Phi) is 3.39. The summed E-state index contributed by atoms with van der Waals surface area (Å²) in [4.78, 5) is 17.2. The number of hydrogen-bond donors (Lipinski definition) is 1. The molecule has 3 rings (SSSR count). The van der Waals surface area contributed by atoms with Crippen LogP contribution >= 0.6 is 0 Å². The maximum Gasteiger partial charge on any atom is 0.229 e. The summed E-state index contributed by atoms with van der Waals surface area (Å²) >= 11 is 0. The molecule has 6 heteroatoms. The van der Waals surface area contributed by atoms with Crippen molar-refractivity contribution in [3.63, 3.8) is 0 Å². The van der Waals surface area contributed by atoms with Crippen molar-refractivity contribution < 1.29 is 0 Å². The maximum absolute atomic E-state index is 5.83. The Morgan fingerprint density at radius 2 is 1.91 bits per heavy atom. The fourth-order valence-electron chi connectivity index (χ4n) is 2.95. The number of nitrogen functional groups attached to an aromatic ring is 1. The molecular weight excluding hydrogens is 276 g/mol. The summed E-state index contributed by atoms with van der Waals surface area (Å²) in [7, 11) is 3.79. The standard InChI is InChI=1S/C16H22N6/c1-16(2)9-11-7-5-6-8-12(11)22(16)10-13-18-14(17)20-15(19-13)21(3)4/h5-8H,9-10H2,1-4H3,(H2,17,18,19,20). The van der Waals surface area contributed by atoms with Gasteiger partial charge in [-0.25, -0.2) is 0 Å². The number of benzene rings is 1. The number of rotatable bonds is 3. The summed E-state index contributed by atoms with van der Waals surface area (Å²) in [5.41, 5.74) is 8.47. The predicted octanol–water partition coefficient (Wildman–Crippen LogP) is 1.86. The van der Waals surface area contributed by atoms with Gasteiger partial charge in [0, 0.05) is 25.3 Å². The quantitative estimate of drug-likeness (QED) is 0.932. The average molecular weight is 298 g/mol. The second kappa shape index (κ2) is 5.12. The van der Waals surface area contributed by atoms with Crippen molar-refractivity contribution in [2.75, 3.05) is 29.6 Å². The van der Waals surface area contributed by atoms with Crippen molar-refractivity contribution in [2.24, 2.45) is 0 Å². The lowest BCUT2D eigenvalue weighted by Gasteiger charge is -2.33. The van der Waals surface area contributed by atoms with Crippen LogP contribution in [0, 0.1) is 0 Å². The SMILES string of the molecule is CN(C)c1nc(N)nc(CN2c3ccccc3CC2(C)C)n1. The van der Waals surface area contributed by atoms with Gasteiger partial charge >= 0.3 is 0 Å². The minimum atomic E-state index is 0.0311. The van der Waals surface area contributed by atoms with Gasteiger partial charge in [-0.15, -0.1) is 0 Å². The molecule has 0 atom stereocenters. The molecule has 0 bridgehead atoms. The third kappa shape index (κ3) is 2.56. The van der Waals surface area contributed by atoms with Crippen LogP contribution in [0.5, 0.6) is 0 Å². The first kappa shape index (κ1) is 14.6. The van der Waals surface area contributed by atoms with Crippen molar-refractivity contribution in [1.29, 1.82) is 0 Å². The Morgan fingerprint density at radius 3 is 2.64 bits per heavy atom. The van der Waals surface area contributed by atoms with Gasteiger partial charge in [0.05, 0.1) is 6.54 Å². The van der Waals surface area contributed by atoms with E-state index in [0.29, 0.717) is 18.3 Å². The van der Waals surface area contributed by atoms with E-state index >= 15 is 0 Å². The molecule has 2 aromatic rings. The minimum Gasteiger partial charge on any atom is -0.368 e. The molecule has 116 valence electrons. The predicted molar refractivity (Wildman–Crippen MR) is 89.0 cm³/mol. The summed E-state index contributed by atoms with van der Waals surface area (Å²) in [5.74, 6) is 1.55. The van der Waals surface area contributed by atoms with Crippen LogP contribution in [0.25, 0.3) is 0 Å². The molecule has 0 saturated heterocycles. The monoisotopic (exact) mass is 298 g/mol. The van der Waals surface area contributed by atoms with Crippen LogP contribution in [0.2, 0.25) is 0 Å². The lowest BCUT2D eigenvalue weighted by molar-refractivity contribution is 0.478. The van der Waals surface area contributed by atoms with Gasteiger partial charge in [-0.05, 0) is 31.9 Å². The highest BCUT2D eigenvalue weighted by molar-refractivity contribution is 5.61. The number of para-hydroxylation sites is 1. The highest BCUT2D eigenvalue weighted by atomic mass is 15.3. The molecular formula is C16H22N6. The molecule has 0 aliphatic carbocycles. The molecule has 1 aliphatic heterocycles. The van der Waals surface area contributed by atoms with E-state index in [1.807, 2.05) is 19.0 Å². The van der Waals surface area contributed by atoms with E-state index in [1.165, 1.54) is 11.3 Å². The smallest absolute Gasteiger partial charge is 0.229 e. The zero-order valence-electron chi connectivity index (χ0n) is 13.5. The van der Waals surface area contributed by atoms with Gasteiger partial charge in [0.25, 0.3) is 0 Å². The number of fused-ring (bicyclic) bond motifs is 1. The Bertz CT molecular complexity index is 695. The molecule has 1 aliphatic rings. The second-order valence-corrected chi connectivity index (χ2v) is 6.51.